The Bertz CT molecular complexity index is 793. The Hall–Kier alpha value is -2.83. The summed E-state index contributed by atoms with van der Waals surface area (Å²) in [5, 5.41) is 16.4. The molecule has 1 amide bonds. The zero-order valence-electron chi connectivity index (χ0n) is 15.7. The number of aliphatic carboxylic acids is 1. The Kier molecular flexibility index (Phi) is 5.39. The van der Waals surface area contributed by atoms with Gasteiger partial charge in [0.15, 0.2) is 5.54 Å². The van der Waals surface area contributed by atoms with Crippen LogP contribution >= 0.6 is 0 Å². The first-order chi connectivity index (χ1) is 12.0. The number of carbonyl (C=O) groups excluding carboxylic acids is 1. The van der Waals surface area contributed by atoms with Crippen LogP contribution in [0.5, 0.6) is 5.75 Å². The Labute approximate surface area is 153 Å². The van der Waals surface area contributed by atoms with Gasteiger partial charge in [-0.15, -0.1) is 0 Å². The van der Waals surface area contributed by atoms with Gasteiger partial charge in [0, 0.05) is 5.69 Å². The second-order valence-electron chi connectivity index (χ2n) is 7.45. The molecule has 7 nitrogen and oxygen atoms in total. The second-order valence-corrected chi connectivity index (χ2v) is 7.45. The van der Waals surface area contributed by atoms with Gasteiger partial charge < -0.3 is 15.2 Å². The molecular weight excluding hydrogens is 334 g/mol. The van der Waals surface area contributed by atoms with E-state index in [1.54, 1.807) is 35.0 Å². The summed E-state index contributed by atoms with van der Waals surface area (Å²) in [6.45, 7) is 8.97. The predicted molar refractivity (Wildman–Crippen MR) is 97.4 cm³/mol. The summed E-state index contributed by atoms with van der Waals surface area (Å²) in [5.41, 5.74) is -0.883. The third kappa shape index (κ3) is 4.41. The van der Waals surface area contributed by atoms with Gasteiger partial charge in [0.25, 0.3) is 5.91 Å². The fourth-order valence-corrected chi connectivity index (χ4v) is 2.47. The van der Waals surface area contributed by atoms with Gasteiger partial charge in [-0.2, -0.15) is 5.10 Å². The summed E-state index contributed by atoms with van der Waals surface area (Å²) in [6, 6.07) is 10.5. The molecule has 0 spiro atoms. The van der Waals surface area contributed by atoms with Crippen LogP contribution in [-0.2, 0) is 10.3 Å². The van der Waals surface area contributed by atoms with E-state index in [-0.39, 0.29) is 17.8 Å². The molecule has 1 heterocycles. The highest BCUT2D eigenvalue weighted by atomic mass is 16.5. The van der Waals surface area contributed by atoms with Gasteiger partial charge in [-0.05, 0) is 52.8 Å². The van der Waals surface area contributed by atoms with Crippen LogP contribution in [0.25, 0.3) is 0 Å². The number of para-hydroxylation sites is 1. The van der Waals surface area contributed by atoms with Gasteiger partial charge in [0.05, 0.1) is 5.54 Å². The van der Waals surface area contributed by atoms with Crippen LogP contribution in [0.15, 0.2) is 36.4 Å². The monoisotopic (exact) mass is 359 g/mol. The third-order valence-corrected chi connectivity index (χ3v) is 3.89. The Morgan fingerprint density at radius 2 is 1.81 bits per heavy atom. The maximum atomic E-state index is 12.6. The van der Waals surface area contributed by atoms with E-state index in [9.17, 15) is 14.7 Å². The molecule has 1 aromatic carbocycles. The lowest BCUT2D eigenvalue weighted by Crippen LogP contribution is -2.56. The van der Waals surface area contributed by atoms with Gasteiger partial charge in [0.1, 0.15) is 18.1 Å². The molecule has 0 saturated carbocycles. The summed E-state index contributed by atoms with van der Waals surface area (Å²) < 4.78 is 7.27. The van der Waals surface area contributed by atoms with Crippen LogP contribution < -0.4 is 10.1 Å². The van der Waals surface area contributed by atoms with Gasteiger partial charge >= 0.3 is 5.97 Å². The average molecular weight is 359 g/mol. The molecule has 2 rings (SSSR count). The maximum absolute atomic E-state index is 12.6. The van der Waals surface area contributed by atoms with E-state index < -0.39 is 17.4 Å². The molecule has 0 aliphatic heterocycles. The summed E-state index contributed by atoms with van der Waals surface area (Å²) >= 11 is 0. The lowest BCUT2D eigenvalue weighted by molar-refractivity contribution is -0.145. The largest absolute Gasteiger partial charge is 0.491 e. The van der Waals surface area contributed by atoms with E-state index in [0.29, 0.717) is 5.75 Å². The predicted octanol–water partition coefficient (Wildman–Crippen LogP) is 2.60. The molecule has 1 aromatic heterocycles. The molecule has 0 radical (unpaired) electrons. The quantitative estimate of drug-likeness (QED) is 0.827. The molecule has 0 fully saturated rings. The Balaban J connectivity index is 2.16. The van der Waals surface area contributed by atoms with Crippen molar-refractivity contribution in [3.05, 3.63) is 47.8 Å². The number of nitrogens with one attached hydrogen (secondary N) is 1. The van der Waals surface area contributed by atoms with Gasteiger partial charge in [0.2, 0.25) is 0 Å². The number of carboxylic acid groups (broad SMARTS) is 1. The summed E-state index contributed by atoms with van der Waals surface area (Å²) in [4.78, 5) is 24.3. The highest BCUT2D eigenvalue weighted by molar-refractivity contribution is 5.96. The number of carboxylic acids is 1. The zero-order valence-corrected chi connectivity index (χ0v) is 15.7. The van der Waals surface area contributed by atoms with Crippen LogP contribution in [0.3, 0.4) is 0 Å². The highest BCUT2D eigenvalue weighted by Gasteiger charge is 2.37. The van der Waals surface area contributed by atoms with Crippen LogP contribution in [0, 0.1) is 6.92 Å². The van der Waals surface area contributed by atoms with Crippen molar-refractivity contribution in [1.29, 1.82) is 0 Å². The van der Waals surface area contributed by atoms with Crippen molar-refractivity contribution in [3.8, 4) is 5.75 Å². The van der Waals surface area contributed by atoms with E-state index >= 15 is 0 Å². The number of hydrogen-bond acceptors (Lipinski definition) is 4. The molecule has 0 saturated heterocycles. The summed E-state index contributed by atoms with van der Waals surface area (Å²) in [6.07, 6.45) is 0. The van der Waals surface area contributed by atoms with Gasteiger partial charge in [-0.25, -0.2) is 4.79 Å². The van der Waals surface area contributed by atoms with Crippen molar-refractivity contribution in [3.63, 3.8) is 0 Å². The second kappa shape index (κ2) is 7.19. The SMILES string of the molecule is Cc1cc(C(=O)N[C@](C)(COc2ccccc2)C(=O)O)nn1C(C)(C)C. The Morgan fingerprint density at radius 1 is 1.19 bits per heavy atom. The minimum absolute atomic E-state index is 0.171. The molecule has 1 atom stereocenters. The average Bonchev–Trinajstić information content (AvgIpc) is 2.96. The summed E-state index contributed by atoms with van der Waals surface area (Å²) in [5.74, 6) is -1.21. The van der Waals surface area contributed by atoms with Crippen LogP contribution in [0.1, 0.15) is 43.9 Å². The van der Waals surface area contributed by atoms with Crippen molar-refractivity contribution in [2.75, 3.05) is 6.61 Å². The lowest BCUT2D eigenvalue weighted by Gasteiger charge is -2.26. The highest BCUT2D eigenvalue weighted by Crippen LogP contribution is 2.18. The van der Waals surface area contributed by atoms with Gasteiger partial charge in [-0.3, -0.25) is 9.48 Å². The van der Waals surface area contributed by atoms with Crippen molar-refractivity contribution >= 4 is 11.9 Å². The number of ether oxygens (including phenoxy) is 1. The lowest BCUT2D eigenvalue weighted by atomic mass is 10.0. The molecule has 0 aliphatic carbocycles. The number of hydrogen-bond donors (Lipinski definition) is 2. The number of aromatic nitrogens is 2. The van der Waals surface area contributed by atoms with E-state index in [2.05, 4.69) is 10.4 Å². The van der Waals surface area contributed by atoms with E-state index in [1.807, 2.05) is 33.8 Å². The van der Waals surface area contributed by atoms with Crippen LogP contribution in [-0.4, -0.2) is 38.9 Å². The van der Waals surface area contributed by atoms with Crippen molar-refractivity contribution in [1.82, 2.24) is 15.1 Å². The van der Waals surface area contributed by atoms with Crippen LogP contribution in [0.4, 0.5) is 0 Å². The zero-order chi connectivity index (χ0) is 19.5. The first kappa shape index (κ1) is 19.5. The maximum Gasteiger partial charge on any atom is 0.332 e. The molecule has 0 unspecified atom stereocenters. The molecule has 26 heavy (non-hydrogen) atoms. The van der Waals surface area contributed by atoms with Crippen LogP contribution in [0.2, 0.25) is 0 Å². The number of nitrogens with zero attached hydrogens (tertiary/aromatic N) is 2. The third-order valence-electron chi connectivity index (χ3n) is 3.89. The van der Waals surface area contributed by atoms with Gasteiger partial charge in [-0.1, -0.05) is 18.2 Å². The number of carbonyl (C=O) groups is 2. The van der Waals surface area contributed by atoms with Crippen molar-refractivity contribution in [2.24, 2.45) is 0 Å². The first-order valence-electron chi connectivity index (χ1n) is 8.34. The molecule has 0 aliphatic rings. The van der Waals surface area contributed by atoms with Crippen molar-refractivity contribution in [2.45, 2.75) is 45.7 Å². The normalized spacial score (nSPS) is 13.7. The first-order valence-corrected chi connectivity index (χ1v) is 8.34. The van der Waals surface area contributed by atoms with Crippen molar-refractivity contribution < 1.29 is 19.4 Å². The number of amides is 1. The molecule has 2 N–H and O–H groups in total. The number of rotatable bonds is 6. The molecular formula is C19H25N3O4. The fourth-order valence-electron chi connectivity index (χ4n) is 2.47. The smallest absolute Gasteiger partial charge is 0.332 e. The standard InChI is InChI=1S/C19H25N3O4/c1-13-11-15(21-22(13)18(2,3)4)16(23)20-19(5,17(24)25)12-26-14-9-7-6-8-10-14/h6-11H,12H2,1-5H3,(H,20,23)(H,24,25)/t19-/m1/s1. The molecule has 140 valence electrons. The number of benzene rings is 1. The molecule has 2 aromatic rings. The summed E-state index contributed by atoms with van der Waals surface area (Å²) in [7, 11) is 0. The minimum Gasteiger partial charge on any atom is -0.491 e. The van der Waals surface area contributed by atoms with E-state index in [1.165, 1.54) is 6.92 Å². The van der Waals surface area contributed by atoms with E-state index in [4.69, 9.17) is 4.74 Å². The minimum atomic E-state index is -1.59. The molecule has 0 bridgehead atoms. The fraction of sp³-hybridized carbons (Fsp3) is 0.421. The Morgan fingerprint density at radius 3 is 2.31 bits per heavy atom. The molecule has 7 heteroatoms. The topological polar surface area (TPSA) is 93.4 Å². The number of aryl methyl sites for hydroxylation is 1. The van der Waals surface area contributed by atoms with E-state index in [0.717, 1.165) is 5.69 Å².